The maximum atomic E-state index is 13.3. The highest BCUT2D eigenvalue weighted by atomic mass is 32.2. The van der Waals surface area contributed by atoms with Crippen LogP contribution in [0.3, 0.4) is 0 Å². The summed E-state index contributed by atoms with van der Waals surface area (Å²) in [6.45, 7) is 0.0712. The van der Waals surface area contributed by atoms with Gasteiger partial charge < -0.3 is 14.9 Å². The van der Waals surface area contributed by atoms with Gasteiger partial charge in [-0.2, -0.15) is 4.72 Å². The van der Waals surface area contributed by atoms with E-state index in [1.54, 1.807) is 36.4 Å². The molecule has 0 bridgehead atoms. The summed E-state index contributed by atoms with van der Waals surface area (Å²) in [5.74, 6) is -1.30. The second-order valence-corrected chi connectivity index (χ2v) is 13.9. The lowest BCUT2D eigenvalue weighted by Crippen LogP contribution is -2.40. The molecular weight excluding hydrogens is 576 g/mol. The first-order chi connectivity index (χ1) is 19.8. The van der Waals surface area contributed by atoms with Crippen LogP contribution in [-0.4, -0.2) is 68.7 Å². The van der Waals surface area contributed by atoms with Crippen LogP contribution in [0.25, 0.3) is 21.5 Å². The minimum atomic E-state index is -4.17. The van der Waals surface area contributed by atoms with E-state index in [0.717, 1.165) is 22.1 Å². The molecular formula is C30H36N4O6S2. The van der Waals surface area contributed by atoms with Gasteiger partial charge in [0.2, 0.25) is 20.0 Å². The highest BCUT2D eigenvalue weighted by molar-refractivity contribution is 7.90. The van der Waals surface area contributed by atoms with Crippen molar-refractivity contribution in [2.75, 3.05) is 44.5 Å². The van der Waals surface area contributed by atoms with Crippen molar-refractivity contribution in [1.29, 1.82) is 0 Å². The minimum Gasteiger partial charge on any atom is -0.480 e. The number of carboxylic acid groups (broad SMARTS) is 1. The predicted molar refractivity (Wildman–Crippen MR) is 167 cm³/mol. The quantitative estimate of drug-likeness (QED) is 0.193. The van der Waals surface area contributed by atoms with E-state index in [1.807, 2.05) is 68.3 Å². The maximum absolute atomic E-state index is 13.3. The number of carbonyl (C=O) groups is 1. The number of rotatable bonds is 13. The molecule has 4 aromatic carbocycles. The lowest BCUT2D eigenvalue weighted by Gasteiger charge is -2.19. The van der Waals surface area contributed by atoms with Crippen LogP contribution in [0.2, 0.25) is 0 Å². The summed E-state index contributed by atoms with van der Waals surface area (Å²) >= 11 is 0. The van der Waals surface area contributed by atoms with E-state index in [2.05, 4.69) is 9.44 Å². The number of nitrogens with one attached hydrogen (secondary N) is 2. The third kappa shape index (κ3) is 6.67. The first-order valence-corrected chi connectivity index (χ1v) is 16.4. The van der Waals surface area contributed by atoms with E-state index in [-0.39, 0.29) is 29.2 Å². The number of benzene rings is 4. The first kappa shape index (κ1) is 31.2. The second-order valence-electron chi connectivity index (χ2n) is 10.5. The van der Waals surface area contributed by atoms with Gasteiger partial charge in [-0.15, -0.1) is 0 Å². The molecule has 0 unspecified atom stereocenters. The Morgan fingerprint density at radius 1 is 0.690 bits per heavy atom. The fourth-order valence-electron chi connectivity index (χ4n) is 5.02. The number of hydrogen-bond acceptors (Lipinski definition) is 7. The van der Waals surface area contributed by atoms with E-state index >= 15 is 0 Å². The number of sulfonamides is 2. The van der Waals surface area contributed by atoms with E-state index in [0.29, 0.717) is 17.2 Å². The zero-order valence-corrected chi connectivity index (χ0v) is 25.7. The summed E-state index contributed by atoms with van der Waals surface area (Å²) in [5, 5.41) is 12.4. The van der Waals surface area contributed by atoms with Crippen LogP contribution in [-0.2, 0) is 24.8 Å². The van der Waals surface area contributed by atoms with E-state index in [9.17, 15) is 26.7 Å². The average Bonchev–Trinajstić information content (AvgIpc) is 2.94. The Bertz CT molecular complexity index is 1820. The fourth-order valence-corrected chi connectivity index (χ4v) is 7.76. The van der Waals surface area contributed by atoms with Gasteiger partial charge >= 0.3 is 5.97 Å². The molecule has 0 aliphatic heterocycles. The first-order valence-electron chi connectivity index (χ1n) is 13.5. The Hall–Kier alpha value is -3.71. The predicted octanol–water partition coefficient (Wildman–Crippen LogP) is 4.01. The summed E-state index contributed by atoms with van der Waals surface area (Å²) in [7, 11) is -0.513. The van der Waals surface area contributed by atoms with Gasteiger partial charge in [0, 0.05) is 67.7 Å². The van der Waals surface area contributed by atoms with Crippen molar-refractivity contribution in [3.63, 3.8) is 0 Å². The number of unbranched alkanes of at least 4 members (excludes halogenated alkanes) is 1. The molecule has 0 saturated carbocycles. The highest BCUT2D eigenvalue weighted by Crippen LogP contribution is 2.31. The van der Waals surface area contributed by atoms with Gasteiger partial charge in [0.25, 0.3) is 0 Å². The highest BCUT2D eigenvalue weighted by Gasteiger charge is 2.27. The van der Waals surface area contributed by atoms with Gasteiger partial charge in [0.05, 0.1) is 9.79 Å². The summed E-state index contributed by atoms with van der Waals surface area (Å²) in [6.07, 6.45) is 0.589. The molecule has 0 spiro atoms. The molecule has 0 fully saturated rings. The summed E-state index contributed by atoms with van der Waals surface area (Å²) in [4.78, 5) is 15.9. The topological polar surface area (TPSA) is 136 Å². The molecule has 4 aromatic rings. The molecule has 0 aromatic heterocycles. The van der Waals surface area contributed by atoms with Crippen molar-refractivity contribution in [2.45, 2.75) is 35.1 Å². The SMILES string of the molecule is CN(C)c1cccc2c(S(=O)(=O)NCCCC[C@@H](NS(=O)(=O)c3cccc4c(N(C)C)cccc34)C(=O)O)cccc12. The lowest BCUT2D eigenvalue weighted by molar-refractivity contribution is -0.139. The third-order valence-corrected chi connectivity index (χ3v) is 10.1. The number of anilines is 2. The van der Waals surface area contributed by atoms with Gasteiger partial charge in [-0.05, 0) is 43.5 Å². The van der Waals surface area contributed by atoms with Crippen molar-refractivity contribution in [2.24, 2.45) is 0 Å². The third-order valence-electron chi connectivity index (χ3n) is 7.07. The van der Waals surface area contributed by atoms with Crippen molar-refractivity contribution < 1.29 is 26.7 Å². The smallest absolute Gasteiger partial charge is 0.321 e. The molecule has 0 amide bonds. The van der Waals surface area contributed by atoms with Crippen molar-refractivity contribution in [3.8, 4) is 0 Å². The van der Waals surface area contributed by atoms with Gasteiger partial charge in [-0.25, -0.2) is 21.6 Å². The Kier molecular flexibility index (Phi) is 9.41. The largest absolute Gasteiger partial charge is 0.480 e. The molecule has 0 heterocycles. The molecule has 3 N–H and O–H groups in total. The van der Waals surface area contributed by atoms with Crippen LogP contribution in [0.1, 0.15) is 19.3 Å². The van der Waals surface area contributed by atoms with Gasteiger partial charge in [0.1, 0.15) is 6.04 Å². The number of fused-ring (bicyclic) bond motifs is 2. The van der Waals surface area contributed by atoms with Crippen LogP contribution in [0.5, 0.6) is 0 Å². The summed E-state index contributed by atoms with van der Waals surface area (Å²) in [5.41, 5.74) is 1.73. The fraction of sp³-hybridized carbons (Fsp3) is 0.300. The number of carboxylic acids is 1. The lowest BCUT2D eigenvalue weighted by atomic mass is 10.1. The molecule has 0 aliphatic carbocycles. The number of nitrogens with zero attached hydrogens (tertiary/aromatic N) is 2. The standard InChI is InChI=1S/C30H36N4O6S2/c1-33(2)26-16-7-13-23-21(26)11-9-18-28(23)41(37,38)31-20-6-5-15-25(30(35)36)32-42(39,40)29-19-10-12-22-24(29)14-8-17-27(22)34(3)4/h7-14,16-19,25,31-32H,5-6,15,20H2,1-4H3,(H,35,36)/t25-/m1/s1. The molecule has 0 saturated heterocycles. The normalized spacial score (nSPS) is 12.9. The molecule has 42 heavy (non-hydrogen) atoms. The number of hydrogen-bond donors (Lipinski definition) is 3. The maximum Gasteiger partial charge on any atom is 0.321 e. The molecule has 0 radical (unpaired) electrons. The zero-order valence-electron chi connectivity index (χ0n) is 24.0. The van der Waals surface area contributed by atoms with Gasteiger partial charge in [-0.1, -0.05) is 48.5 Å². The zero-order chi connectivity index (χ0) is 30.7. The van der Waals surface area contributed by atoms with Gasteiger partial charge in [0.15, 0.2) is 0 Å². The van der Waals surface area contributed by atoms with E-state index in [1.165, 1.54) is 6.07 Å². The van der Waals surface area contributed by atoms with Crippen LogP contribution in [0, 0.1) is 0 Å². The molecule has 0 aliphatic rings. The Morgan fingerprint density at radius 2 is 1.14 bits per heavy atom. The van der Waals surface area contributed by atoms with Crippen LogP contribution < -0.4 is 19.2 Å². The molecule has 224 valence electrons. The van der Waals surface area contributed by atoms with E-state index in [4.69, 9.17) is 0 Å². The van der Waals surface area contributed by atoms with Crippen LogP contribution in [0.4, 0.5) is 11.4 Å². The van der Waals surface area contributed by atoms with Crippen LogP contribution >= 0.6 is 0 Å². The van der Waals surface area contributed by atoms with E-state index < -0.39 is 32.1 Å². The van der Waals surface area contributed by atoms with Crippen molar-refractivity contribution in [3.05, 3.63) is 72.8 Å². The van der Waals surface area contributed by atoms with Gasteiger partial charge in [-0.3, -0.25) is 4.79 Å². The van der Waals surface area contributed by atoms with Crippen molar-refractivity contribution >= 4 is 58.9 Å². The summed E-state index contributed by atoms with van der Waals surface area (Å²) < 4.78 is 57.8. The number of aliphatic carboxylic acids is 1. The van der Waals surface area contributed by atoms with Crippen molar-refractivity contribution in [1.82, 2.24) is 9.44 Å². The Balaban J connectivity index is 1.42. The molecule has 12 heteroatoms. The van der Waals surface area contributed by atoms with Crippen LogP contribution in [0.15, 0.2) is 82.6 Å². The Labute approximate surface area is 247 Å². The molecule has 10 nitrogen and oxygen atoms in total. The minimum absolute atomic E-state index is 0.00442. The Morgan fingerprint density at radius 3 is 1.62 bits per heavy atom. The summed E-state index contributed by atoms with van der Waals surface area (Å²) in [6, 6.07) is 19.5. The monoisotopic (exact) mass is 612 g/mol. The molecule has 4 rings (SSSR count). The second kappa shape index (κ2) is 12.7. The average molecular weight is 613 g/mol. The molecule has 1 atom stereocenters.